The van der Waals surface area contributed by atoms with E-state index in [1.807, 2.05) is 6.92 Å². The molecule has 1 heterocycles. The van der Waals surface area contributed by atoms with Gasteiger partial charge in [0, 0.05) is 32.7 Å². The zero-order valence-corrected chi connectivity index (χ0v) is 9.87. The van der Waals surface area contributed by atoms with Crippen LogP contribution in [0.4, 0.5) is 0 Å². The van der Waals surface area contributed by atoms with Gasteiger partial charge in [-0.2, -0.15) is 5.26 Å². The maximum atomic E-state index is 8.81. The second kappa shape index (κ2) is 5.89. The molecule has 1 aliphatic heterocycles. The highest BCUT2D eigenvalue weighted by molar-refractivity contribution is 4.92. The Balaban J connectivity index is 2.24. The van der Waals surface area contributed by atoms with E-state index in [2.05, 4.69) is 29.4 Å². The van der Waals surface area contributed by atoms with Gasteiger partial charge in [0.1, 0.15) is 0 Å². The summed E-state index contributed by atoms with van der Waals surface area (Å²) in [4.78, 5) is 4.70. The standard InChI is InChI=1S/C12H21N3/c1-11(2)4-5-14-6-8-15(9-7-14)12(3)10-13/h12H,1,4-9H2,2-3H3. The van der Waals surface area contributed by atoms with Crippen LogP contribution in [0.1, 0.15) is 20.3 Å². The lowest BCUT2D eigenvalue weighted by atomic mass is 10.2. The minimum absolute atomic E-state index is 0.0632. The van der Waals surface area contributed by atoms with Gasteiger partial charge < -0.3 is 4.90 Å². The molecular formula is C12H21N3. The first-order valence-corrected chi connectivity index (χ1v) is 5.64. The first-order valence-electron chi connectivity index (χ1n) is 5.64. The van der Waals surface area contributed by atoms with E-state index in [0.29, 0.717) is 0 Å². The van der Waals surface area contributed by atoms with E-state index in [9.17, 15) is 0 Å². The fraction of sp³-hybridized carbons (Fsp3) is 0.750. The lowest BCUT2D eigenvalue weighted by Gasteiger charge is -2.35. The Labute approximate surface area is 93.0 Å². The maximum Gasteiger partial charge on any atom is 0.0950 e. The molecule has 0 amide bonds. The largest absolute Gasteiger partial charge is 0.300 e. The van der Waals surface area contributed by atoms with Gasteiger partial charge in [-0.3, -0.25) is 4.90 Å². The fourth-order valence-corrected chi connectivity index (χ4v) is 1.80. The molecule has 0 aromatic rings. The van der Waals surface area contributed by atoms with Crippen LogP contribution in [0.3, 0.4) is 0 Å². The third kappa shape index (κ3) is 4.03. The first kappa shape index (κ1) is 12.2. The maximum absolute atomic E-state index is 8.81. The van der Waals surface area contributed by atoms with Gasteiger partial charge >= 0.3 is 0 Å². The molecule has 0 radical (unpaired) electrons. The predicted molar refractivity (Wildman–Crippen MR) is 62.5 cm³/mol. The van der Waals surface area contributed by atoms with Crippen molar-refractivity contribution in [3.8, 4) is 6.07 Å². The number of hydrogen-bond acceptors (Lipinski definition) is 3. The lowest BCUT2D eigenvalue weighted by Crippen LogP contribution is -2.49. The molecule has 0 bridgehead atoms. The van der Waals surface area contributed by atoms with E-state index < -0.39 is 0 Å². The molecule has 1 fully saturated rings. The van der Waals surface area contributed by atoms with Crippen LogP contribution in [-0.4, -0.2) is 48.6 Å². The van der Waals surface area contributed by atoms with Gasteiger partial charge in [-0.15, -0.1) is 6.58 Å². The van der Waals surface area contributed by atoms with Crippen LogP contribution in [0.25, 0.3) is 0 Å². The van der Waals surface area contributed by atoms with E-state index in [1.165, 1.54) is 5.57 Å². The van der Waals surface area contributed by atoms with Crippen LogP contribution in [0.15, 0.2) is 12.2 Å². The number of nitrogens with zero attached hydrogens (tertiary/aromatic N) is 3. The van der Waals surface area contributed by atoms with Gasteiger partial charge in [0.15, 0.2) is 0 Å². The summed E-state index contributed by atoms with van der Waals surface area (Å²) in [5.41, 5.74) is 1.25. The number of rotatable bonds is 4. The van der Waals surface area contributed by atoms with E-state index in [4.69, 9.17) is 5.26 Å². The second-order valence-electron chi connectivity index (χ2n) is 4.39. The van der Waals surface area contributed by atoms with Crippen molar-refractivity contribution in [2.45, 2.75) is 26.3 Å². The van der Waals surface area contributed by atoms with Crippen molar-refractivity contribution in [1.29, 1.82) is 5.26 Å². The molecular weight excluding hydrogens is 186 g/mol. The van der Waals surface area contributed by atoms with Crippen molar-refractivity contribution >= 4 is 0 Å². The number of piperazine rings is 1. The summed E-state index contributed by atoms with van der Waals surface area (Å²) in [6.07, 6.45) is 1.09. The molecule has 1 atom stereocenters. The van der Waals surface area contributed by atoms with Crippen LogP contribution in [0.5, 0.6) is 0 Å². The van der Waals surface area contributed by atoms with Crippen molar-refractivity contribution < 1.29 is 0 Å². The summed E-state index contributed by atoms with van der Waals surface area (Å²) in [5.74, 6) is 0. The van der Waals surface area contributed by atoms with Crippen molar-refractivity contribution in [3.63, 3.8) is 0 Å². The van der Waals surface area contributed by atoms with E-state index in [0.717, 1.165) is 39.1 Å². The molecule has 1 saturated heterocycles. The van der Waals surface area contributed by atoms with Crippen molar-refractivity contribution in [2.24, 2.45) is 0 Å². The van der Waals surface area contributed by atoms with Gasteiger partial charge in [-0.05, 0) is 20.3 Å². The van der Waals surface area contributed by atoms with Crippen LogP contribution in [-0.2, 0) is 0 Å². The third-order valence-electron chi connectivity index (χ3n) is 3.00. The highest BCUT2D eigenvalue weighted by Crippen LogP contribution is 2.07. The molecule has 0 aliphatic carbocycles. The number of hydrogen-bond donors (Lipinski definition) is 0. The molecule has 1 rings (SSSR count). The monoisotopic (exact) mass is 207 g/mol. The molecule has 1 unspecified atom stereocenters. The minimum Gasteiger partial charge on any atom is -0.300 e. The normalized spacial score (nSPS) is 20.9. The molecule has 84 valence electrons. The summed E-state index contributed by atoms with van der Waals surface area (Å²) in [7, 11) is 0. The Morgan fingerprint density at radius 2 is 2.00 bits per heavy atom. The molecule has 0 saturated carbocycles. The summed E-state index contributed by atoms with van der Waals surface area (Å²) in [6, 6.07) is 2.36. The van der Waals surface area contributed by atoms with Crippen molar-refractivity contribution in [2.75, 3.05) is 32.7 Å². The van der Waals surface area contributed by atoms with E-state index >= 15 is 0 Å². The predicted octanol–water partition coefficient (Wildman–Crippen LogP) is 1.48. The first-order chi connectivity index (χ1) is 7.13. The topological polar surface area (TPSA) is 30.3 Å². The minimum atomic E-state index is 0.0632. The Hall–Kier alpha value is -0.850. The summed E-state index contributed by atoms with van der Waals surface area (Å²) >= 11 is 0. The molecule has 0 spiro atoms. The molecule has 1 aliphatic rings. The highest BCUT2D eigenvalue weighted by Gasteiger charge is 2.19. The van der Waals surface area contributed by atoms with Gasteiger partial charge in [-0.1, -0.05) is 5.57 Å². The fourth-order valence-electron chi connectivity index (χ4n) is 1.80. The zero-order chi connectivity index (χ0) is 11.3. The third-order valence-corrected chi connectivity index (χ3v) is 3.00. The Kier molecular flexibility index (Phi) is 4.80. The van der Waals surface area contributed by atoms with E-state index in [-0.39, 0.29) is 6.04 Å². The summed E-state index contributed by atoms with van der Waals surface area (Å²) in [5, 5.41) is 8.81. The Morgan fingerprint density at radius 1 is 1.40 bits per heavy atom. The lowest BCUT2D eigenvalue weighted by molar-refractivity contribution is 0.120. The number of nitriles is 1. The summed E-state index contributed by atoms with van der Waals surface area (Å²) < 4.78 is 0. The van der Waals surface area contributed by atoms with Gasteiger partial charge in [0.2, 0.25) is 0 Å². The average Bonchev–Trinajstić information content (AvgIpc) is 2.26. The van der Waals surface area contributed by atoms with Crippen LogP contribution >= 0.6 is 0 Å². The van der Waals surface area contributed by atoms with Crippen molar-refractivity contribution in [1.82, 2.24) is 9.80 Å². The molecule has 0 aromatic carbocycles. The molecule has 3 heteroatoms. The van der Waals surface area contributed by atoms with E-state index in [1.54, 1.807) is 0 Å². The average molecular weight is 207 g/mol. The highest BCUT2D eigenvalue weighted by atomic mass is 15.3. The van der Waals surface area contributed by atoms with Gasteiger partial charge in [-0.25, -0.2) is 0 Å². The summed E-state index contributed by atoms with van der Waals surface area (Å²) in [6.45, 7) is 13.3. The second-order valence-corrected chi connectivity index (χ2v) is 4.39. The van der Waals surface area contributed by atoms with Crippen molar-refractivity contribution in [3.05, 3.63) is 12.2 Å². The molecule has 15 heavy (non-hydrogen) atoms. The molecule has 0 N–H and O–H groups in total. The van der Waals surface area contributed by atoms with Crippen LogP contribution in [0, 0.1) is 11.3 Å². The molecule has 0 aromatic heterocycles. The molecule has 3 nitrogen and oxygen atoms in total. The van der Waals surface area contributed by atoms with Crippen LogP contribution in [0.2, 0.25) is 0 Å². The smallest absolute Gasteiger partial charge is 0.0950 e. The Morgan fingerprint density at radius 3 is 2.47 bits per heavy atom. The van der Waals surface area contributed by atoms with Gasteiger partial charge in [0.05, 0.1) is 12.1 Å². The van der Waals surface area contributed by atoms with Crippen LogP contribution < -0.4 is 0 Å². The quantitative estimate of drug-likeness (QED) is 0.654. The Bertz CT molecular complexity index is 246. The van der Waals surface area contributed by atoms with Gasteiger partial charge in [0.25, 0.3) is 0 Å². The zero-order valence-electron chi connectivity index (χ0n) is 9.87. The SMILES string of the molecule is C=C(C)CCN1CCN(C(C)C#N)CC1.